The molecule has 0 radical (unpaired) electrons. The highest BCUT2D eigenvalue weighted by atomic mass is 32.1. The molecule has 2 heterocycles. The number of thiazole rings is 1. The largest absolute Gasteiger partial charge is 0.345 e. The van der Waals surface area contributed by atoms with Crippen molar-refractivity contribution in [3.05, 3.63) is 40.2 Å². The van der Waals surface area contributed by atoms with Gasteiger partial charge in [-0.05, 0) is 38.3 Å². The van der Waals surface area contributed by atoms with Crippen LogP contribution in [0.5, 0.6) is 0 Å². The molecule has 31 heavy (non-hydrogen) atoms. The fourth-order valence-electron chi connectivity index (χ4n) is 4.18. The van der Waals surface area contributed by atoms with Gasteiger partial charge in [-0.25, -0.2) is 9.37 Å². The molecule has 1 fully saturated rings. The van der Waals surface area contributed by atoms with E-state index in [1.807, 2.05) is 18.7 Å². The number of hydrogen-bond acceptors (Lipinski definition) is 5. The molecule has 2 aliphatic rings. The summed E-state index contributed by atoms with van der Waals surface area (Å²) in [5.41, 5.74) is 2.09. The van der Waals surface area contributed by atoms with E-state index in [-0.39, 0.29) is 29.5 Å². The minimum Gasteiger partial charge on any atom is -0.345 e. The molecule has 1 aliphatic heterocycles. The Morgan fingerprint density at radius 1 is 1.23 bits per heavy atom. The van der Waals surface area contributed by atoms with Gasteiger partial charge in [0.15, 0.2) is 5.13 Å². The lowest BCUT2D eigenvalue weighted by Gasteiger charge is -2.35. The highest BCUT2D eigenvalue weighted by Crippen LogP contribution is 2.35. The van der Waals surface area contributed by atoms with Gasteiger partial charge in [-0.2, -0.15) is 0 Å². The number of hydrogen-bond donors (Lipinski definition) is 1. The zero-order chi connectivity index (χ0) is 22.1. The minimum absolute atomic E-state index is 0.0259. The summed E-state index contributed by atoms with van der Waals surface area (Å²) in [6, 6.07) is 4.75. The Morgan fingerprint density at radius 2 is 1.97 bits per heavy atom. The Bertz CT molecular complexity index is 982. The summed E-state index contributed by atoms with van der Waals surface area (Å²) in [7, 11) is 0. The number of benzene rings is 1. The Labute approximate surface area is 186 Å². The van der Waals surface area contributed by atoms with Gasteiger partial charge in [0.2, 0.25) is 11.8 Å². The highest BCUT2D eigenvalue weighted by molar-refractivity contribution is 7.15. The van der Waals surface area contributed by atoms with Crippen LogP contribution in [0.4, 0.5) is 15.2 Å². The average molecular weight is 445 g/mol. The Balaban J connectivity index is 1.38. The van der Waals surface area contributed by atoms with Gasteiger partial charge in [0.1, 0.15) is 5.82 Å². The van der Waals surface area contributed by atoms with Crippen LogP contribution in [0.2, 0.25) is 0 Å². The number of halogens is 1. The van der Waals surface area contributed by atoms with Crippen LogP contribution in [0, 0.1) is 24.6 Å². The molecule has 1 aliphatic carbocycles. The van der Waals surface area contributed by atoms with E-state index in [1.54, 1.807) is 30.4 Å². The van der Waals surface area contributed by atoms with E-state index in [0.29, 0.717) is 17.7 Å². The third-order valence-corrected chi connectivity index (χ3v) is 7.36. The van der Waals surface area contributed by atoms with Crippen LogP contribution in [-0.2, 0) is 22.4 Å². The van der Waals surface area contributed by atoms with Crippen molar-refractivity contribution in [2.24, 2.45) is 11.8 Å². The lowest BCUT2D eigenvalue weighted by atomic mass is 9.90. The van der Waals surface area contributed by atoms with Crippen molar-refractivity contribution in [3.8, 4) is 0 Å². The first-order chi connectivity index (χ1) is 14.8. The van der Waals surface area contributed by atoms with E-state index in [0.717, 1.165) is 54.7 Å². The van der Waals surface area contributed by atoms with Crippen molar-refractivity contribution in [2.75, 3.05) is 36.4 Å². The summed E-state index contributed by atoms with van der Waals surface area (Å²) in [4.78, 5) is 35.2. The first-order valence-electron chi connectivity index (χ1n) is 10.9. The number of rotatable bonds is 4. The predicted molar refractivity (Wildman–Crippen MR) is 121 cm³/mol. The molecule has 0 spiro atoms. The van der Waals surface area contributed by atoms with Gasteiger partial charge in [0.05, 0.1) is 5.69 Å². The van der Waals surface area contributed by atoms with Gasteiger partial charge in [-0.3, -0.25) is 9.59 Å². The number of aromatic nitrogens is 1. The number of amides is 2. The molecule has 0 saturated carbocycles. The third kappa shape index (κ3) is 4.59. The Kier molecular flexibility index (Phi) is 6.27. The van der Waals surface area contributed by atoms with Gasteiger partial charge in [-0.15, -0.1) is 11.3 Å². The molecule has 1 saturated heterocycles. The smallest absolute Gasteiger partial charge is 0.227 e. The van der Waals surface area contributed by atoms with Gasteiger partial charge >= 0.3 is 0 Å². The number of aryl methyl sites for hydroxylation is 1. The third-order valence-electron chi connectivity index (χ3n) is 6.18. The summed E-state index contributed by atoms with van der Waals surface area (Å²) < 4.78 is 13.8. The minimum atomic E-state index is -0.314. The maximum atomic E-state index is 13.8. The number of nitrogens with one attached hydrogen (secondary N) is 1. The van der Waals surface area contributed by atoms with Crippen molar-refractivity contribution >= 4 is 34.0 Å². The number of carbonyl (C=O) groups is 2. The van der Waals surface area contributed by atoms with E-state index in [9.17, 15) is 14.0 Å². The SMILES string of the molecule is Cc1c(F)cccc1NC(=O)C1CCc2nc(N3CCN(C(=O)C(C)C)CC3)sc2C1. The van der Waals surface area contributed by atoms with Crippen molar-refractivity contribution in [1.82, 2.24) is 9.88 Å². The van der Waals surface area contributed by atoms with Crippen LogP contribution >= 0.6 is 11.3 Å². The Morgan fingerprint density at radius 3 is 2.68 bits per heavy atom. The van der Waals surface area contributed by atoms with Gasteiger partial charge in [-0.1, -0.05) is 19.9 Å². The summed E-state index contributed by atoms with van der Waals surface area (Å²) in [5.74, 6) is -0.274. The number of anilines is 2. The molecule has 0 bridgehead atoms. The molecule has 1 N–H and O–H groups in total. The molecule has 1 aromatic carbocycles. The standard InChI is InChI=1S/C23H29FN4O2S/c1-14(2)22(30)27-9-11-28(12-10-27)23-26-19-8-7-16(13-20(19)31-23)21(29)25-18-6-4-5-17(24)15(18)3/h4-6,14,16H,7-13H2,1-3H3,(H,25,29). The Hall–Kier alpha value is -2.48. The quantitative estimate of drug-likeness (QED) is 0.782. The summed E-state index contributed by atoms with van der Waals surface area (Å²) >= 11 is 1.66. The van der Waals surface area contributed by atoms with Gasteiger partial charge < -0.3 is 15.1 Å². The van der Waals surface area contributed by atoms with Crippen LogP contribution in [0.25, 0.3) is 0 Å². The number of piperazine rings is 1. The second-order valence-electron chi connectivity index (χ2n) is 8.67. The average Bonchev–Trinajstić information content (AvgIpc) is 3.20. The number of carbonyl (C=O) groups excluding carboxylic acids is 2. The van der Waals surface area contributed by atoms with Gasteiger partial charge in [0.25, 0.3) is 0 Å². The van der Waals surface area contributed by atoms with Crippen LogP contribution in [0.3, 0.4) is 0 Å². The highest BCUT2D eigenvalue weighted by Gasteiger charge is 2.30. The van der Waals surface area contributed by atoms with E-state index in [1.165, 1.54) is 6.07 Å². The first kappa shape index (κ1) is 21.7. The number of fused-ring (bicyclic) bond motifs is 1. The van der Waals surface area contributed by atoms with E-state index < -0.39 is 0 Å². The molecular weight excluding hydrogens is 415 g/mol. The predicted octanol–water partition coefficient (Wildman–Crippen LogP) is 3.64. The lowest BCUT2D eigenvalue weighted by molar-refractivity contribution is -0.134. The van der Waals surface area contributed by atoms with E-state index in [2.05, 4.69) is 10.2 Å². The second-order valence-corrected chi connectivity index (χ2v) is 9.74. The summed E-state index contributed by atoms with van der Waals surface area (Å²) in [5, 5.41) is 3.89. The maximum absolute atomic E-state index is 13.8. The zero-order valence-electron chi connectivity index (χ0n) is 18.3. The van der Waals surface area contributed by atoms with Crippen LogP contribution in [-0.4, -0.2) is 47.9 Å². The molecule has 1 unspecified atom stereocenters. The van der Waals surface area contributed by atoms with Crippen molar-refractivity contribution in [1.29, 1.82) is 0 Å². The summed E-state index contributed by atoms with van der Waals surface area (Å²) in [6.45, 7) is 8.56. The summed E-state index contributed by atoms with van der Waals surface area (Å²) in [6.07, 6.45) is 2.18. The van der Waals surface area contributed by atoms with Crippen LogP contribution < -0.4 is 10.2 Å². The zero-order valence-corrected chi connectivity index (χ0v) is 19.1. The van der Waals surface area contributed by atoms with Crippen molar-refractivity contribution < 1.29 is 14.0 Å². The normalized spacial score (nSPS) is 18.8. The van der Waals surface area contributed by atoms with Crippen molar-refractivity contribution in [2.45, 2.75) is 40.0 Å². The lowest BCUT2D eigenvalue weighted by Crippen LogP contribution is -2.49. The molecule has 6 nitrogen and oxygen atoms in total. The topological polar surface area (TPSA) is 65.5 Å². The molecule has 166 valence electrons. The molecule has 1 atom stereocenters. The molecule has 2 aromatic rings. The van der Waals surface area contributed by atoms with Crippen LogP contribution in [0.1, 0.15) is 36.4 Å². The molecule has 8 heteroatoms. The monoisotopic (exact) mass is 444 g/mol. The maximum Gasteiger partial charge on any atom is 0.227 e. The molecule has 2 amide bonds. The van der Waals surface area contributed by atoms with Gasteiger partial charge in [0, 0.05) is 54.1 Å². The first-order valence-corrected chi connectivity index (χ1v) is 11.7. The van der Waals surface area contributed by atoms with Crippen LogP contribution in [0.15, 0.2) is 18.2 Å². The fraction of sp³-hybridized carbons (Fsp3) is 0.522. The van der Waals surface area contributed by atoms with E-state index >= 15 is 0 Å². The molecule has 1 aromatic heterocycles. The second kappa shape index (κ2) is 8.94. The van der Waals surface area contributed by atoms with Crippen molar-refractivity contribution in [3.63, 3.8) is 0 Å². The fourth-order valence-corrected chi connectivity index (χ4v) is 5.42. The number of nitrogens with zero attached hydrogens (tertiary/aromatic N) is 3. The van der Waals surface area contributed by atoms with E-state index in [4.69, 9.17) is 4.98 Å². The molecular formula is C23H29FN4O2S. The molecule has 4 rings (SSSR count).